The van der Waals surface area contributed by atoms with Crippen LogP contribution in [0.15, 0.2) is 0 Å². The first kappa shape index (κ1) is 11.4. The Morgan fingerprint density at radius 1 is 1.36 bits per heavy atom. The van der Waals surface area contributed by atoms with E-state index >= 15 is 0 Å². The van der Waals surface area contributed by atoms with E-state index in [2.05, 4.69) is 0 Å². The molecule has 0 bridgehead atoms. The molecule has 14 heavy (non-hydrogen) atoms. The minimum atomic E-state index is -0.218. The smallest absolute Gasteiger partial charge is 0.306 e. The molecule has 82 valence electrons. The Labute approximate surface area is 83.9 Å². The molecule has 1 fully saturated rings. The standard InChI is InChI=1S/C9H19N3O2/c10-3-1-2-9(13)14-8-5-6(11)4-7(8)12/h6-8H,1-5,10-12H2/t6-,7+,8+/m0/s1. The molecular formula is C9H19N3O2. The van der Waals surface area contributed by atoms with E-state index in [4.69, 9.17) is 21.9 Å². The Kier molecular flexibility index (Phi) is 4.31. The zero-order chi connectivity index (χ0) is 10.6. The highest BCUT2D eigenvalue weighted by Crippen LogP contribution is 2.20. The van der Waals surface area contributed by atoms with E-state index in [9.17, 15) is 4.79 Å². The normalized spacial score (nSPS) is 31.8. The first-order chi connectivity index (χ1) is 6.63. The Morgan fingerprint density at radius 2 is 2.07 bits per heavy atom. The van der Waals surface area contributed by atoms with Gasteiger partial charge in [0.1, 0.15) is 6.10 Å². The predicted molar refractivity (Wildman–Crippen MR) is 53.4 cm³/mol. The van der Waals surface area contributed by atoms with Crippen molar-refractivity contribution in [2.45, 2.75) is 43.9 Å². The van der Waals surface area contributed by atoms with Crippen LogP contribution >= 0.6 is 0 Å². The minimum Gasteiger partial charge on any atom is -0.461 e. The number of hydrogen-bond donors (Lipinski definition) is 3. The summed E-state index contributed by atoms with van der Waals surface area (Å²) in [6, 6.07) is -0.0378. The summed E-state index contributed by atoms with van der Waals surface area (Å²) in [5, 5.41) is 0. The molecule has 0 aromatic carbocycles. The minimum absolute atomic E-state index is 0.0670. The fourth-order valence-electron chi connectivity index (χ4n) is 1.68. The van der Waals surface area contributed by atoms with Crippen molar-refractivity contribution < 1.29 is 9.53 Å². The van der Waals surface area contributed by atoms with Crippen LogP contribution in [0.5, 0.6) is 0 Å². The Balaban J connectivity index is 2.26. The molecule has 0 radical (unpaired) electrons. The second-order valence-electron chi connectivity index (χ2n) is 3.82. The number of carbonyl (C=O) groups is 1. The fourth-order valence-corrected chi connectivity index (χ4v) is 1.68. The van der Waals surface area contributed by atoms with Crippen LogP contribution in [0.25, 0.3) is 0 Å². The third kappa shape index (κ3) is 3.25. The molecule has 0 spiro atoms. The molecule has 5 nitrogen and oxygen atoms in total. The Bertz CT molecular complexity index is 198. The number of carbonyl (C=O) groups excluding carboxylic acids is 1. The third-order valence-electron chi connectivity index (χ3n) is 2.46. The van der Waals surface area contributed by atoms with Gasteiger partial charge < -0.3 is 21.9 Å². The van der Waals surface area contributed by atoms with E-state index < -0.39 is 0 Å². The zero-order valence-electron chi connectivity index (χ0n) is 8.32. The van der Waals surface area contributed by atoms with Gasteiger partial charge in [-0.15, -0.1) is 0 Å². The van der Waals surface area contributed by atoms with Crippen molar-refractivity contribution in [1.29, 1.82) is 0 Å². The summed E-state index contributed by atoms with van der Waals surface area (Å²) in [6.07, 6.45) is 2.24. The molecule has 0 amide bonds. The van der Waals surface area contributed by atoms with Gasteiger partial charge in [0.15, 0.2) is 0 Å². The number of esters is 1. The van der Waals surface area contributed by atoms with Gasteiger partial charge in [-0.2, -0.15) is 0 Å². The summed E-state index contributed by atoms with van der Waals surface area (Å²) in [5.41, 5.74) is 16.7. The van der Waals surface area contributed by atoms with Gasteiger partial charge in [0.25, 0.3) is 0 Å². The topological polar surface area (TPSA) is 104 Å². The first-order valence-corrected chi connectivity index (χ1v) is 5.04. The van der Waals surface area contributed by atoms with E-state index in [1.165, 1.54) is 0 Å². The number of nitrogens with two attached hydrogens (primary N) is 3. The summed E-state index contributed by atoms with van der Waals surface area (Å²) in [5.74, 6) is -0.218. The van der Waals surface area contributed by atoms with Crippen LogP contribution in [-0.2, 0) is 9.53 Å². The summed E-state index contributed by atoms with van der Waals surface area (Å²) in [4.78, 5) is 11.2. The lowest BCUT2D eigenvalue weighted by atomic mass is 10.2. The van der Waals surface area contributed by atoms with Gasteiger partial charge >= 0.3 is 5.97 Å². The molecule has 1 aliphatic carbocycles. The number of hydrogen-bond acceptors (Lipinski definition) is 5. The highest BCUT2D eigenvalue weighted by atomic mass is 16.5. The molecule has 6 N–H and O–H groups in total. The van der Waals surface area contributed by atoms with Gasteiger partial charge in [0.2, 0.25) is 0 Å². The summed E-state index contributed by atoms with van der Waals surface area (Å²) in [7, 11) is 0. The highest BCUT2D eigenvalue weighted by molar-refractivity contribution is 5.69. The molecule has 0 heterocycles. The molecule has 1 aliphatic rings. The van der Waals surface area contributed by atoms with Gasteiger partial charge in [-0.1, -0.05) is 0 Å². The average molecular weight is 201 g/mol. The van der Waals surface area contributed by atoms with Crippen LogP contribution < -0.4 is 17.2 Å². The molecule has 0 unspecified atom stereocenters. The maximum absolute atomic E-state index is 11.2. The molecular weight excluding hydrogens is 182 g/mol. The van der Waals surface area contributed by atoms with E-state index in [0.29, 0.717) is 25.8 Å². The van der Waals surface area contributed by atoms with Crippen LogP contribution in [-0.4, -0.2) is 30.7 Å². The molecule has 5 heteroatoms. The monoisotopic (exact) mass is 201 g/mol. The van der Waals surface area contributed by atoms with Crippen molar-refractivity contribution in [2.75, 3.05) is 6.54 Å². The molecule has 1 saturated carbocycles. The quantitative estimate of drug-likeness (QED) is 0.510. The second-order valence-corrected chi connectivity index (χ2v) is 3.82. The SMILES string of the molecule is NCCCC(=O)O[C@@H]1C[C@@H](N)C[C@H]1N. The van der Waals surface area contributed by atoms with Gasteiger partial charge in [-0.25, -0.2) is 0 Å². The number of rotatable bonds is 4. The third-order valence-corrected chi connectivity index (χ3v) is 2.46. The molecule has 0 saturated heterocycles. The summed E-state index contributed by atoms with van der Waals surface area (Å²) in [6.45, 7) is 0.505. The first-order valence-electron chi connectivity index (χ1n) is 5.04. The molecule has 3 atom stereocenters. The molecule has 1 rings (SSSR count). The lowest BCUT2D eigenvalue weighted by molar-refractivity contribution is -0.149. The van der Waals surface area contributed by atoms with Gasteiger partial charge in [-0.05, 0) is 19.4 Å². The van der Waals surface area contributed by atoms with Crippen LogP contribution in [0.4, 0.5) is 0 Å². The largest absolute Gasteiger partial charge is 0.461 e. The van der Waals surface area contributed by atoms with Crippen molar-refractivity contribution in [3.8, 4) is 0 Å². The van der Waals surface area contributed by atoms with Crippen LogP contribution in [0.3, 0.4) is 0 Å². The average Bonchev–Trinajstić information content (AvgIpc) is 2.42. The van der Waals surface area contributed by atoms with Crippen molar-refractivity contribution >= 4 is 5.97 Å². The van der Waals surface area contributed by atoms with Gasteiger partial charge in [-0.3, -0.25) is 4.79 Å². The van der Waals surface area contributed by atoms with E-state index in [0.717, 1.165) is 6.42 Å². The van der Waals surface area contributed by atoms with Crippen molar-refractivity contribution in [3.05, 3.63) is 0 Å². The van der Waals surface area contributed by atoms with Crippen LogP contribution in [0.2, 0.25) is 0 Å². The maximum atomic E-state index is 11.2. The van der Waals surface area contributed by atoms with Crippen LogP contribution in [0.1, 0.15) is 25.7 Å². The Hall–Kier alpha value is -0.650. The van der Waals surface area contributed by atoms with E-state index in [-0.39, 0.29) is 24.2 Å². The fraction of sp³-hybridized carbons (Fsp3) is 0.889. The van der Waals surface area contributed by atoms with Gasteiger partial charge in [0.05, 0.1) is 0 Å². The second kappa shape index (κ2) is 5.29. The number of ether oxygens (including phenoxy) is 1. The predicted octanol–water partition coefficient (Wildman–Crippen LogP) is -0.914. The summed E-state index contributed by atoms with van der Waals surface area (Å²) >= 11 is 0. The lowest BCUT2D eigenvalue weighted by Crippen LogP contribution is -2.33. The highest BCUT2D eigenvalue weighted by Gasteiger charge is 2.32. The van der Waals surface area contributed by atoms with Gasteiger partial charge in [0, 0.05) is 24.9 Å². The lowest BCUT2D eigenvalue weighted by Gasteiger charge is -2.15. The molecule has 0 aromatic heterocycles. The van der Waals surface area contributed by atoms with Crippen molar-refractivity contribution in [3.63, 3.8) is 0 Å². The zero-order valence-corrected chi connectivity index (χ0v) is 8.32. The Morgan fingerprint density at radius 3 is 2.57 bits per heavy atom. The maximum Gasteiger partial charge on any atom is 0.306 e. The van der Waals surface area contributed by atoms with Crippen LogP contribution in [0, 0.1) is 0 Å². The summed E-state index contributed by atoms with van der Waals surface area (Å²) < 4.78 is 5.20. The van der Waals surface area contributed by atoms with Crippen molar-refractivity contribution in [1.82, 2.24) is 0 Å². The van der Waals surface area contributed by atoms with E-state index in [1.807, 2.05) is 0 Å². The molecule has 0 aliphatic heterocycles. The van der Waals surface area contributed by atoms with E-state index in [1.54, 1.807) is 0 Å². The van der Waals surface area contributed by atoms with Crippen molar-refractivity contribution in [2.24, 2.45) is 17.2 Å². The molecule has 0 aromatic rings.